The number of methoxy groups -OCH3 is 1. The molecule has 2 N–H and O–H groups in total. The molecule has 0 saturated heterocycles. The van der Waals surface area contributed by atoms with Gasteiger partial charge in [0.05, 0.1) is 23.5 Å². The molecule has 9 heteroatoms. The van der Waals surface area contributed by atoms with E-state index in [4.69, 9.17) is 15.2 Å². The van der Waals surface area contributed by atoms with Gasteiger partial charge in [0.1, 0.15) is 11.3 Å². The number of hydrogen-bond acceptors (Lipinski definition) is 7. The van der Waals surface area contributed by atoms with Crippen LogP contribution in [0, 0.1) is 17.0 Å². The number of pyridine rings is 1. The number of hydrogen-bond donors (Lipinski definition) is 1. The van der Waals surface area contributed by atoms with Crippen molar-refractivity contribution in [3.05, 3.63) is 115 Å². The van der Waals surface area contributed by atoms with Gasteiger partial charge in [-0.25, -0.2) is 4.79 Å². The van der Waals surface area contributed by atoms with E-state index in [-0.39, 0.29) is 34.0 Å². The maximum atomic E-state index is 13.7. The third-order valence-corrected chi connectivity index (χ3v) is 5.88. The van der Waals surface area contributed by atoms with Crippen molar-refractivity contribution in [3.63, 3.8) is 0 Å². The summed E-state index contributed by atoms with van der Waals surface area (Å²) in [4.78, 5) is 37.0. The molecule has 0 spiro atoms. The lowest BCUT2D eigenvalue weighted by Gasteiger charge is -2.29. The Morgan fingerprint density at radius 3 is 2.47 bits per heavy atom. The SMILES string of the molecule is COC(=O)C1=C(N)Oc2cc(C)n(CCc3ccccc3)c(=O)c2C1c1ccc([N+](=O)[O-])cc1. The van der Waals surface area contributed by atoms with Crippen molar-refractivity contribution in [1.29, 1.82) is 0 Å². The number of benzene rings is 2. The number of non-ortho nitro benzene ring substituents is 1. The van der Waals surface area contributed by atoms with Gasteiger partial charge < -0.3 is 19.8 Å². The summed E-state index contributed by atoms with van der Waals surface area (Å²) in [6.07, 6.45) is 0.630. The Labute approximate surface area is 195 Å². The van der Waals surface area contributed by atoms with E-state index in [0.717, 1.165) is 5.56 Å². The van der Waals surface area contributed by atoms with Crippen LogP contribution in [0.25, 0.3) is 0 Å². The Bertz CT molecular complexity index is 1340. The molecular weight excluding hydrogens is 438 g/mol. The van der Waals surface area contributed by atoms with Crippen molar-refractivity contribution in [2.75, 3.05) is 7.11 Å². The molecule has 1 aliphatic rings. The predicted octanol–water partition coefficient (Wildman–Crippen LogP) is 3.18. The summed E-state index contributed by atoms with van der Waals surface area (Å²) in [5, 5.41) is 11.1. The van der Waals surface area contributed by atoms with Crippen molar-refractivity contribution >= 4 is 11.7 Å². The second kappa shape index (κ2) is 9.22. The number of ether oxygens (including phenoxy) is 2. The molecule has 0 fully saturated rings. The minimum atomic E-state index is -0.909. The standard InChI is InChI=1S/C25H23N3O6/c1-15-14-19-21(24(29)27(15)13-12-16-6-4-3-5-7-16)20(22(23(26)34-19)25(30)33-2)17-8-10-18(11-9-17)28(31)32/h3-11,14,20H,12-13,26H2,1-2H3. The van der Waals surface area contributed by atoms with E-state index in [9.17, 15) is 19.7 Å². The summed E-state index contributed by atoms with van der Waals surface area (Å²) in [6.45, 7) is 2.22. The van der Waals surface area contributed by atoms with Gasteiger partial charge in [-0.1, -0.05) is 42.5 Å². The number of carbonyl (C=O) groups is 1. The smallest absolute Gasteiger partial charge is 0.340 e. The number of nitrogens with two attached hydrogens (primary N) is 1. The molecule has 174 valence electrons. The van der Waals surface area contributed by atoms with E-state index < -0.39 is 16.8 Å². The molecule has 1 aliphatic heterocycles. The van der Waals surface area contributed by atoms with Crippen LogP contribution in [0.15, 0.2) is 76.9 Å². The van der Waals surface area contributed by atoms with E-state index >= 15 is 0 Å². The van der Waals surface area contributed by atoms with Crippen LogP contribution in [-0.2, 0) is 22.5 Å². The first-order valence-electron chi connectivity index (χ1n) is 10.6. The van der Waals surface area contributed by atoms with Crippen LogP contribution in [-0.4, -0.2) is 22.6 Å². The molecule has 4 rings (SSSR count). The molecule has 0 bridgehead atoms. The average Bonchev–Trinajstić information content (AvgIpc) is 2.83. The van der Waals surface area contributed by atoms with Crippen LogP contribution in [0.4, 0.5) is 5.69 Å². The van der Waals surface area contributed by atoms with Crippen LogP contribution in [0.3, 0.4) is 0 Å². The third-order valence-electron chi connectivity index (χ3n) is 5.88. The second-order valence-corrected chi connectivity index (χ2v) is 7.91. The Balaban J connectivity index is 1.86. The van der Waals surface area contributed by atoms with Crippen molar-refractivity contribution in [1.82, 2.24) is 4.57 Å². The van der Waals surface area contributed by atoms with E-state index in [1.165, 1.54) is 31.4 Å². The lowest BCUT2D eigenvalue weighted by Crippen LogP contribution is -2.35. The zero-order chi connectivity index (χ0) is 24.4. The summed E-state index contributed by atoms with van der Waals surface area (Å²) in [7, 11) is 1.21. The number of carbonyl (C=O) groups excluding carboxylic acids is 1. The number of nitrogens with zero attached hydrogens (tertiary/aromatic N) is 2. The molecule has 3 aromatic rings. The first kappa shape index (κ1) is 22.8. The molecular formula is C25H23N3O6. The summed E-state index contributed by atoms with van der Waals surface area (Å²) in [5.74, 6) is -1.59. The quantitative estimate of drug-likeness (QED) is 0.339. The van der Waals surface area contributed by atoms with Gasteiger partial charge in [-0.05, 0) is 24.5 Å². The molecule has 2 aromatic carbocycles. The average molecular weight is 461 g/mol. The fraction of sp³-hybridized carbons (Fsp3) is 0.200. The minimum absolute atomic E-state index is 0.0283. The topological polar surface area (TPSA) is 127 Å². The second-order valence-electron chi connectivity index (χ2n) is 7.91. The number of nitro benzene ring substituents is 1. The summed E-state index contributed by atoms with van der Waals surface area (Å²) >= 11 is 0. The number of nitro groups is 1. The Hall–Kier alpha value is -4.40. The van der Waals surface area contributed by atoms with Gasteiger partial charge in [-0.15, -0.1) is 0 Å². The highest BCUT2D eigenvalue weighted by molar-refractivity contribution is 5.92. The maximum Gasteiger partial charge on any atom is 0.340 e. The Morgan fingerprint density at radius 2 is 1.85 bits per heavy atom. The minimum Gasteiger partial charge on any atom is -0.465 e. The van der Waals surface area contributed by atoms with Gasteiger partial charge in [-0.3, -0.25) is 14.9 Å². The largest absolute Gasteiger partial charge is 0.465 e. The van der Waals surface area contributed by atoms with Crippen molar-refractivity contribution in [2.24, 2.45) is 5.73 Å². The monoisotopic (exact) mass is 461 g/mol. The van der Waals surface area contributed by atoms with E-state index in [0.29, 0.717) is 24.2 Å². The van der Waals surface area contributed by atoms with Gasteiger partial charge in [0.25, 0.3) is 11.2 Å². The highest BCUT2D eigenvalue weighted by atomic mass is 16.6. The summed E-state index contributed by atoms with van der Waals surface area (Å²) < 4.78 is 12.2. The van der Waals surface area contributed by atoms with E-state index in [1.807, 2.05) is 30.3 Å². The van der Waals surface area contributed by atoms with E-state index in [2.05, 4.69) is 0 Å². The first-order chi connectivity index (χ1) is 16.3. The zero-order valence-electron chi connectivity index (χ0n) is 18.7. The van der Waals surface area contributed by atoms with Crippen LogP contribution in [0.5, 0.6) is 5.75 Å². The van der Waals surface area contributed by atoms with Crippen molar-refractivity contribution in [2.45, 2.75) is 25.8 Å². The van der Waals surface area contributed by atoms with Gasteiger partial charge in [0.15, 0.2) is 0 Å². The van der Waals surface area contributed by atoms with Crippen molar-refractivity contribution in [3.8, 4) is 5.75 Å². The highest BCUT2D eigenvalue weighted by Crippen LogP contribution is 2.41. The van der Waals surface area contributed by atoms with Gasteiger partial charge >= 0.3 is 5.97 Å². The lowest BCUT2D eigenvalue weighted by atomic mass is 9.83. The molecule has 0 radical (unpaired) electrons. The maximum absolute atomic E-state index is 13.7. The number of esters is 1. The van der Waals surface area contributed by atoms with E-state index in [1.54, 1.807) is 17.6 Å². The molecule has 2 heterocycles. The fourth-order valence-corrected chi connectivity index (χ4v) is 4.18. The van der Waals surface area contributed by atoms with Crippen LogP contribution in [0.2, 0.25) is 0 Å². The molecule has 1 unspecified atom stereocenters. The predicted molar refractivity (Wildman–Crippen MR) is 124 cm³/mol. The van der Waals surface area contributed by atoms with Crippen LogP contribution in [0.1, 0.15) is 28.3 Å². The molecule has 9 nitrogen and oxygen atoms in total. The molecule has 0 aliphatic carbocycles. The fourth-order valence-electron chi connectivity index (χ4n) is 4.18. The normalized spacial score (nSPS) is 14.8. The Morgan fingerprint density at radius 1 is 1.18 bits per heavy atom. The number of rotatable bonds is 6. The number of aryl methyl sites for hydroxylation is 2. The molecule has 1 aromatic heterocycles. The molecule has 1 atom stereocenters. The lowest BCUT2D eigenvalue weighted by molar-refractivity contribution is -0.384. The number of fused-ring (bicyclic) bond motifs is 1. The molecule has 0 amide bonds. The van der Waals surface area contributed by atoms with Gasteiger partial charge in [-0.2, -0.15) is 0 Å². The van der Waals surface area contributed by atoms with Crippen LogP contribution < -0.4 is 16.0 Å². The summed E-state index contributed by atoms with van der Waals surface area (Å²) in [6, 6.07) is 17.1. The van der Waals surface area contributed by atoms with Gasteiger partial charge in [0, 0.05) is 30.4 Å². The molecule has 34 heavy (non-hydrogen) atoms. The van der Waals surface area contributed by atoms with Crippen LogP contribution >= 0.6 is 0 Å². The van der Waals surface area contributed by atoms with Gasteiger partial charge in [0.2, 0.25) is 5.88 Å². The number of aromatic nitrogens is 1. The Kier molecular flexibility index (Phi) is 6.18. The zero-order valence-corrected chi connectivity index (χ0v) is 18.7. The first-order valence-corrected chi connectivity index (χ1v) is 10.6. The van der Waals surface area contributed by atoms with Crippen molar-refractivity contribution < 1.29 is 19.2 Å². The molecule has 0 saturated carbocycles. The summed E-state index contributed by atoms with van der Waals surface area (Å²) in [5.41, 5.74) is 8.08. The third kappa shape index (κ3) is 4.15. The highest BCUT2D eigenvalue weighted by Gasteiger charge is 2.38.